The van der Waals surface area contributed by atoms with Crippen molar-refractivity contribution in [1.29, 1.82) is 0 Å². The maximum atomic E-state index is 12.3. The van der Waals surface area contributed by atoms with E-state index in [2.05, 4.69) is 20.6 Å². The van der Waals surface area contributed by atoms with Gasteiger partial charge in [0, 0.05) is 30.7 Å². The standard InChI is InChI=1S/C24H22ClN5O5/c1-3-35-23(32)21-22(31)29-18-10-17(25)20(11-19(18)28-21)30-8-7-14(13-30)12-26-24(33)27-15-5-4-6-16(9-15)34-2/h4-11,13H,3,12H2,1-2H3,(H,29,31)(H2,26,27,33). The van der Waals surface area contributed by atoms with Gasteiger partial charge in [-0.05, 0) is 42.8 Å². The fourth-order valence-electron chi connectivity index (χ4n) is 3.39. The van der Waals surface area contributed by atoms with E-state index in [1.54, 1.807) is 67.4 Å². The number of benzene rings is 2. The monoisotopic (exact) mass is 495 g/mol. The fraction of sp³-hybridized carbons (Fsp3) is 0.167. The number of nitrogens with zero attached hydrogens (tertiary/aromatic N) is 2. The quantitative estimate of drug-likeness (QED) is 0.334. The molecule has 10 nitrogen and oxygen atoms in total. The van der Waals surface area contributed by atoms with Gasteiger partial charge in [0.15, 0.2) is 0 Å². The van der Waals surface area contributed by atoms with Crippen LogP contribution >= 0.6 is 11.6 Å². The molecular weight excluding hydrogens is 474 g/mol. The van der Waals surface area contributed by atoms with Gasteiger partial charge in [-0.25, -0.2) is 14.6 Å². The van der Waals surface area contributed by atoms with E-state index in [9.17, 15) is 14.4 Å². The van der Waals surface area contributed by atoms with Crippen molar-refractivity contribution in [3.63, 3.8) is 0 Å². The summed E-state index contributed by atoms with van der Waals surface area (Å²) in [5, 5.41) is 5.91. The first-order valence-electron chi connectivity index (χ1n) is 10.6. The molecule has 11 heteroatoms. The number of urea groups is 1. The molecule has 4 aromatic rings. The maximum Gasteiger partial charge on any atom is 0.362 e. The molecule has 0 fully saturated rings. The third-order valence-corrected chi connectivity index (χ3v) is 5.35. The second-order valence-corrected chi connectivity index (χ2v) is 7.83. The van der Waals surface area contributed by atoms with Crippen LogP contribution in [0.2, 0.25) is 5.02 Å². The van der Waals surface area contributed by atoms with Crippen LogP contribution in [0.3, 0.4) is 0 Å². The van der Waals surface area contributed by atoms with Crippen molar-refractivity contribution in [3.05, 3.63) is 81.5 Å². The number of H-pyrrole nitrogens is 1. The summed E-state index contributed by atoms with van der Waals surface area (Å²) in [5.41, 5.74) is 1.80. The highest BCUT2D eigenvalue weighted by Crippen LogP contribution is 2.25. The molecule has 2 heterocycles. The highest BCUT2D eigenvalue weighted by atomic mass is 35.5. The van der Waals surface area contributed by atoms with E-state index >= 15 is 0 Å². The van der Waals surface area contributed by atoms with Gasteiger partial charge in [0.05, 0.1) is 35.5 Å². The zero-order valence-corrected chi connectivity index (χ0v) is 19.7. The summed E-state index contributed by atoms with van der Waals surface area (Å²) < 4.78 is 11.8. The van der Waals surface area contributed by atoms with Gasteiger partial charge in [0.1, 0.15) is 5.75 Å². The zero-order chi connectivity index (χ0) is 24.9. The Morgan fingerprint density at radius 1 is 1.20 bits per heavy atom. The van der Waals surface area contributed by atoms with Gasteiger partial charge in [0.25, 0.3) is 5.56 Å². The molecular formula is C24H22ClN5O5. The summed E-state index contributed by atoms with van der Waals surface area (Å²) in [7, 11) is 1.56. The van der Waals surface area contributed by atoms with Crippen molar-refractivity contribution < 1.29 is 19.1 Å². The molecule has 0 aliphatic heterocycles. The van der Waals surface area contributed by atoms with E-state index in [0.29, 0.717) is 33.2 Å². The minimum absolute atomic E-state index is 0.127. The Hall–Kier alpha value is -4.31. The number of anilines is 1. The van der Waals surface area contributed by atoms with E-state index in [4.69, 9.17) is 21.1 Å². The molecule has 0 saturated heterocycles. The molecule has 0 aliphatic carbocycles. The van der Waals surface area contributed by atoms with Crippen molar-refractivity contribution in [1.82, 2.24) is 19.9 Å². The summed E-state index contributed by atoms with van der Waals surface area (Å²) in [6.07, 6.45) is 3.58. The minimum Gasteiger partial charge on any atom is -0.497 e. The Labute approximate surface area is 204 Å². The zero-order valence-electron chi connectivity index (χ0n) is 18.9. The average molecular weight is 496 g/mol. The fourth-order valence-corrected chi connectivity index (χ4v) is 3.65. The van der Waals surface area contributed by atoms with Crippen LogP contribution in [-0.2, 0) is 11.3 Å². The first-order chi connectivity index (χ1) is 16.9. The highest BCUT2D eigenvalue weighted by molar-refractivity contribution is 6.33. The number of hydrogen-bond donors (Lipinski definition) is 3. The molecule has 2 amide bonds. The number of rotatable bonds is 7. The Morgan fingerprint density at radius 2 is 2.03 bits per heavy atom. The molecule has 2 aromatic heterocycles. The second-order valence-electron chi connectivity index (χ2n) is 7.42. The van der Waals surface area contributed by atoms with E-state index in [1.807, 2.05) is 6.07 Å². The summed E-state index contributed by atoms with van der Waals surface area (Å²) >= 11 is 6.44. The summed E-state index contributed by atoms with van der Waals surface area (Å²) in [5.74, 6) is -0.159. The molecule has 35 heavy (non-hydrogen) atoms. The second kappa shape index (κ2) is 10.3. The number of aromatic nitrogens is 3. The number of aromatic amines is 1. The van der Waals surface area contributed by atoms with Crippen LogP contribution < -0.4 is 20.9 Å². The Morgan fingerprint density at radius 3 is 2.80 bits per heavy atom. The number of esters is 1. The highest BCUT2D eigenvalue weighted by Gasteiger charge is 2.16. The van der Waals surface area contributed by atoms with Crippen molar-refractivity contribution >= 4 is 40.3 Å². The molecule has 180 valence electrons. The smallest absolute Gasteiger partial charge is 0.362 e. The normalized spacial score (nSPS) is 10.7. The number of hydrogen-bond acceptors (Lipinski definition) is 6. The molecule has 0 unspecified atom stereocenters. The van der Waals surface area contributed by atoms with Crippen LogP contribution in [0.15, 0.2) is 59.7 Å². The van der Waals surface area contributed by atoms with E-state index < -0.39 is 11.5 Å². The van der Waals surface area contributed by atoms with Crippen LogP contribution in [0.5, 0.6) is 5.75 Å². The topological polar surface area (TPSA) is 127 Å². The number of halogens is 1. The predicted octanol–water partition coefficient (Wildman–Crippen LogP) is 3.87. The van der Waals surface area contributed by atoms with E-state index in [-0.39, 0.29) is 24.9 Å². The molecule has 4 rings (SSSR count). The Bertz CT molecular complexity index is 1460. The lowest BCUT2D eigenvalue weighted by Gasteiger charge is -2.09. The van der Waals surface area contributed by atoms with Gasteiger partial charge in [-0.1, -0.05) is 17.7 Å². The van der Waals surface area contributed by atoms with Gasteiger partial charge in [-0.3, -0.25) is 4.79 Å². The van der Waals surface area contributed by atoms with Crippen LogP contribution in [0.25, 0.3) is 16.7 Å². The molecule has 0 bridgehead atoms. The molecule has 2 aromatic carbocycles. The lowest BCUT2D eigenvalue weighted by Crippen LogP contribution is -2.28. The molecule has 0 aliphatic rings. The Balaban J connectivity index is 1.50. The molecule has 3 N–H and O–H groups in total. The number of amides is 2. The SMILES string of the molecule is CCOC(=O)c1nc2cc(-n3ccc(CNC(=O)Nc4cccc(OC)c4)c3)c(Cl)cc2[nH]c1=O. The van der Waals surface area contributed by atoms with Crippen molar-refractivity contribution in [3.8, 4) is 11.4 Å². The Kier molecular flexibility index (Phi) is 7.02. The van der Waals surface area contributed by atoms with Gasteiger partial charge in [-0.2, -0.15) is 0 Å². The summed E-state index contributed by atoms with van der Waals surface area (Å²) in [6.45, 7) is 2.04. The van der Waals surface area contributed by atoms with E-state index in [1.165, 1.54) is 0 Å². The van der Waals surface area contributed by atoms with Crippen LogP contribution in [-0.4, -0.2) is 40.3 Å². The van der Waals surface area contributed by atoms with E-state index in [0.717, 1.165) is 5.56 Å². The van der Waals surface area contributed by atoms with Crippen molar-refractivity contribution in [2.24, 2.45) is 0 Å². The lowest BCUT2D eigenvalue weighted by molar-refractivity contribution is 0.0517. The predicted molar refractivity (Wildman–Crippen MR) is 132 cm³/mol. The average Bonchev–Trinajstić information content (AvgIpc) is 3.31. The summed E-state index contributed by atoms with van der Waals surface area (Å²) in [4.78, 5) is 43.2. The number of carbonyl (C=O) groups excluding carboxylic acids is 2. The first-order valence-corrected chi connectivity index (χ1v) is 11.0. The van der Waals surface area contributed by atoms with Gasteiger partial charge in [0.2, 0.25) is 5.69 Å². The molecule has 0 saturated carbocycles. The largest absolute Gasteiger partial charge is 0.497 e. The first kappa shape index (κ1) is 23.8. The number of carbonyl (C=O) groups is 2. The van der Waals surface area contributed by atoms with Gasteiger partial charge >= 0.3 is 12.0 Å². The van der Waals surface area contributed by atoms with Crippen LogP contribution in [0, 0.1) is 0 Å². The minimum atomic E-state index is -0.798. The maximum absolute atomic E-state index is 12.3. The number of fused-ring (bicyclic) bond motifs is 1. The third-order valence-electron chi connectivity index (χ3n) is 5.04. The van der Waals surface area contributed by atoms with Crippen LogP contribution in [0.4, 0.5) is 10.5 Å². The third kappa shape index (κ3) is 5.44. The number of ether oxygens (including phenoxy) is 2. The van der Waals surface area contributed by atoms with Gasteiger partial charge in [-0.15, -0.1) is 0 Å². The molecule has 0 radical (unpaired) electrons. The van der Waals surface area contributed by atoms with Gasteiger partial charge < -0.3 is 29.7 Å². The van der Waals surface area contributed by atoms with Crippen LogP contribution in [0.1, 0.15) is 23.0 Å². The molecule has 0 spiro atoms. The van der Waals surface area contributed by atoms with Crippen molar-refractivity contribution in [2.75, 3.05) is 19.0 Å². The lowest BCUT2D eigenvalue weighted by atomic mass is 10.2. The molecule has 0 atom stereocenters. The van der Waals surface area contributed by atoms with Crippen molar-refractivity contribution in [2.45, 2.75) is 13.5 Å². The number of methoxy groups -OCH3 is 1. The number of nitrogens with one attached hydrogen (secondary N) is 3. The summed E-state index contributed by atoms with van der Waals surface area (Å²) in [6, 6.07) is 11.7.